The molecule has 170 valence electrons. The monoisotopic (exact) mass is 538 g/mol. The van der Waals surface area contributed by atoms with Gasteiger partial charge in [0.1, 0.15) is 0 Å². The zero-order chi connectivity index (χ0) is 21.2. The van der Waals surface area contributed by atoms with E-state index in [1.165, 1.54) is 18.5 Å². The number of guanidine groups is 1. The first-order valence-electron chi connectivity index (χ1n) is 10.8. The number of likely N-dealkylation sites (tertiary alicyclic amines) is 1. The van der Waals surface area contributed by atoms with Crippen LogP contribution in [0.3, 0.4) is 0 Å². The lowest BCUT2D eigenvalue weighted by atomic mass is 10.1. The summed E-state index contributed by atoms with van der Waals surface area (Å²) in [6.07, 6.45) is 2.33. The molecule has 0 saturated carbocycles. The third-order valence-corrected chi connectivity index (χ3v) is 5.44. The number of rotatable bonds is 9. The minimum absolute atomic E-state index is 0. The fraction of sp³-hybridized carbons (Fsp3) is 0.458. The summed E-state index contributed by atoms with van der Waals surface area (Å²) in [4.78, 5) is 6.93. The number of hydrogen-bond donors (Lipinski definition) is 2. The van der Waals surface area contributed by atoms with Gasteiger partial charge in [0.25, 0.3) is 0 Å². The number of anilines is 1. The van der Waals surface area contributed by atoms with Crippen LogP contribution in [-0.4, -0.2) is 57.8 Å². The average molecular weight is 538 g/mol. The van der Waals surface area contributed by atoms with Crippen molar-refractivity contribution in [3.63, 3.8) is 0 Å². The largest absolute Gasteiger partial charge is 0.493 e. The van der Waals surface area contributed by atoms with Gasteiger partial charge in [-0.1, -0.05) is 30.3 Å². The Bertz CT molecular complexity index is 816. The fourth-order valence-electron chi connectivity index (χ4n) is 3.79. The summed E-state index contributed by atoms with van der Waals surface area (Å²) >= 11 is 0. The van der Waals surface area contributed by atoms with E-state index < -0.39 is 0 Å². The second-order valence-corrected chi connectivity index (χ2v) is 7.57. The number of ether oxygens (including phenoxy) is 2. The van der Waals surface area contributed by atoms with Crippen LogP contribution in [0.2, 0.25) is 0 Å². The number of nitrogens with one attached hydrogen (secondary N) is 2. The number of halogens is 1. The topological polar surface area (TPSA) is 58.1 Å². The van der Waals surface area contributed by atoms with E-state index in [4.69, 9.17) is 9.47 Å². The van der Waals surface area contributed by atoms with Crippen molar-refractivity contribution in [2.45, 2.75) is 19.8 Å². The summed E-state index contributed by atoms with van der Waals surface area (Å²) in [6.45, 7) is 6.89. The van der Waals surface area contributed by atoms with Crippen molar-refractivity contribution in [3.8, 4) is 11.5 Å². The summed E-state index contributed by atoms with van der Waals surface area (Å²) in [5.41, 5.74) is 2.33. The molecule has 2 N–H and O–H groups in total. The number of hydrogen-bond acceptors (Lipinski definition) is 4. The van der Waals surface area contributed by atoms with Gasteiger partial charge in [0.15, 0.2) is 17.5 Å². The van der Waals surface area contributed by atoms with E-state index in [0.29, 0.717) is 12.5 Å². The third-order valence-electron chi connectivity index (χ3n) is 5.44. The highest BCUT2D eigenvalue weighted by Gasteiger charge is 2.22. The molecular weight excluding hydrogens is 503 g/mol. The van der Waals surface area contributed by atoms with Crippen LogP contribution in [0, 0.1) is 5.92 Å². The van der Waals surface area contributed by atoms with Gasteiger partial charge >= 0.3 is 0 Å². The van der Waals surface area contributed by atoms with Crippen LogP contribution in [0.1, 0.15) is 18.9 Å². The van der Waals surface area contributed by atoms with Gasteiger partial charge in [0.05, 0.1) is 13.7 Å². The molecule has 1 aliphatic rings. The highest BCUT2D eigenvalue weighted by molar-refractivity contribution is 14.0. The van der Waals surface area contributed by atoms with Gasteiger partial charge in [0.2, 0.25) is 0 Å². The predicted molar refractivity (Wildman–Crippen MR) is 139 cm³/mol. The molecule has 1 atom stereocenters. The summed E-state index contributed by atoms with van der Waals surface area (Å²) < 4.78 is 11.0. The van der Waals surface area contributed by atoms with Crippen molar-refractivity contribution in [2.24, 2.45) is 10.9 Å². The summed E-state index contributed by atoms with van der Waals surface area (Å²) in [7, 11) is 3.44. The van der Waals surface area contributed by atoms with E-state index in [2.05, 4.69) is 50.9 Å². The lowest BCUT2D eigenvalue weighted by Gasteiger charge is -2.18. The molecule has 1 aliphatic heterocycles. The zero-order valence-corrected chi connectivity index (χ0v) is 21.1. The van der Waals surface area contributed by atoms with Gasteiger partial charge in [-0.15, -0.1) is 24.0 Å². The Hall–Kier alpha value is -2.00. The SMILES string of the molecule is CCOc1cc(NC(=NC)NCC2CCN(CCc3ccccc3)C2)ccc1OC.I. The van der Waals surface area contributed by atoms with Crippen molar-refractivity contribution in [2.75, 3.05) is 52.3 Å². The van der Waals surface area contributed by atoms with Gasteiger partial charge in [-0.25, -0.2) is 0 Å². The van der Waals surface area contributed by atoms with Gasteiger partial charge in [-0.3, -0.25) is 4.99 Å². The molecule has 3 rings (SSSR count). The normalized spacial score (nSPS) is 16.5. The van der Waals surface area contributed by atoms with Gasteiger partial charge in [-0.2, -0.15) is 0 Å². The highest BCUT2D eigenvalue weighted by Crippen LogP contribution is 2.30. The van der Waals surface area contributed by atoms with E-state index in [1.807, 2.05) is 25.1 Å². The maximum Gasteiger partial charge on any atom is 0.195 e. The molecule has 0 aliphatic carbocycles. The standard InChI is InChI=1S/C24H34N4O2.HI/c1-4-30-23-16-21(10-11-22(23)29-3)27-24(25-2)26-17-20-13-15-28(18-20)14-12-19-8-6-5-7-9-19;/h5-11,16,20H,4,12-15,17-18H2,1-3H3,(H2,25,26,27);1H. The smallest absolute Gasteiger partial charge is 0.195 e. The van der Waals surface area contributed by atoms with Crippen LogP contribution in [0.15, 0.2) is 53.5 Å². The van der Waals surface area contributed by atoms with E-state index in [1.54, 1.807) is 14.2 Å². The van der Waals surface area contributed by atoms with Crippen molar-refractivity contribution in [1.82, 2.24) is 10.2 Å². The summed E-state index contributed by atoms with van der Waals surface area (Å²) in [5, 5.41) is 6.82. The molecule has 1 unspecified atom stereocenters. The molecule has 31 heavy (non-hydrogen) atoms. The minimum atomic E-state index is 0. The van der Waals surface area contributed by atoms with E-state index in [0.717, 1.165) is 49.2 Å². The molecule has 1 heterocycles. The first-order valence-corrected chi connectivity index (χ1v) is 10.8. The van der Waals surface area contributed by atoms with Crippen LogP contribution < -0.4 is 20.1 Å². The first-order chi connectivity index (χ1) is 14.7. The molecule has 2 aromatic carbocycles. The minimum Gasteiger partial charge on any atom is -0.493 e. The number of nitrogens with zero attached hydrogens (tertiary/aromatic N) is 2. The van der Waals surface area contributed by atoms with Crippen LogP contribution in [-0.2, 0) is 6.42 Å². The Balaban J connectivity index is 0.00000341. The Morgan fingerprint density at radius 2 is 1.97 bits per heavy atom. The van der Waals surface area contributed by atoms with E-state index >= 15 is 0 Å². The number of aliphatic imine (C=N–C) groups is 1. The average Bonchev–Trinajstić information content (AvgIpc) is 3.24. The molecule has 0 amide bonds. The van der Waals surface area contributed by atoms with Gasteiger partial charge in [0, 0.05) is 38.4 Å². The molecule has 1 saturated heterocycles. The van der Waals surface area contributed by atoms with Crippen molar-refractivity contribution in [3.05, 3.63) is 54.1 Å². The molecule has 0 bridgehead atoms. The molecule has 1 fully saturated rings. The summed E-state index contributed by atoms with van der Waals surface area (Å²) in [6, 6.07) is 16.5. The third kappa shape index (κ3) is 7.88. The first kappa shape index (κ1) is 25.3. The van der Waals surface area contributed by atoms with Crippen LogP contribution in [0.25, 0.3) is 0 Å². The predicted octanol–water partition coefficient (Wildman–Crippen LogP) is 4.26. The second kappa shape index (κ2) is 13.4. The number of benzene rings is 2. The maximum absolute atomic E-state index is 5.66. The molecule has 0 radical (unpaired) electrons. The second-order valence-electron chi connectivity index (χ2n) is 7.57. The quantitative estimate of drug-likeness (QED) is 0.284. The van der Waals surface area contributed by atoms with Gasteiger partial charge in [-0.05, 0) is 49.9 Å². The molecule has 7 heteroatoms. The maximum atomic E-state index is 5.66. The Morgan fingerprint density at radius 1 is 1.16 bits per heavy atom. The van der Waals surface area contributed by atoms with Crippen molar-refractivity contribution in [1.29, 1.82) is 0 Å². The zero-order valence-electron chi connectivity index (χ0n) is 18.8. The Morgan fingerprint density at radius 3 is 2.68 bits per heavy atom. The van der Waals surface area contributed by atoms with Crippen molar-refractivity contribution >= 4 is 35.6 Å². The molecule has 6 nitrogen and oxygen atoms in total. The lowest BCUT2D eigenvalue weighted by Crippen LogP contribution is -2.35. The lowest BCUT2D eigenvalue weighted by molar-refractivity contribution is 0.311. The van der Waals surface area contributed by atoms with Crippen molar-refractivity contribution < 1.29 is 9.47 Å². The van der Waals surface area contributed by atoms with Crippen LogP contribution in [0.5, 0.6) is 11.5 Å². The van der Waals surface area contributed by atoms with Crippen LogP contribution >= 0.6 is 24.0 Å². The van der Waals surface area contributed by atoms with E-state index in [-0.39, 0.29) is 24.0 Å². The van der Waals surface area contributed by atoms with Crippen LogP contribution in [0.4, 0.5) is 5.69 Å². The molecule has 0 spiro atoms. The van der Waals surface area contributed by atoms with E-state index in [9.17, 15) is 0 Å². The number of methoxy groups -OCH3 is 1. The molecule has 0 aromatic heterocycles. The summed E-state index contributed by atoms with van der Waals surface area (Å²) in [5.74, 6) is 2.86. The fourth-order valence-corrected chi connectivity index (χ4v) is 3.79. The molecular formula is C24H35IN4O2. The molecule has 2 aromatic rings. The highest BCUT2D eigenvalue weighted by atomic mass is 127. The van der Waals surface area contributed by atoms with Gasteiger partial charge < -0.3 is 25.0 Å². The Labute approximate surface area is 203 Å². The Kier molecular flexibility index (Phi) is 10.9.